The summed E-state index contributed by atoms with van der Waals surface area (Å²) in [6, 6.07) is 15.2. The van der Waals surface area contributed by atoms with Gasteiger partial charge in [0.15, 0.2) is 0 Å². The number of nitrogens with one attached hydrogen (secondary N) is 1. The summed E-state index contributed by atoms with van der Waals surface area (Å²) in [5.41, 5.74) is 4.56. The summed E-state index contributed by atoms with van der Waals surface area (Å²) in [7, 11) is 0. The number of aromatic carboxylic acids is 1. The Labute approximate surface area is 179 Å². The molecule has 0 bridgehead atoms. The summed E-state index contributed by atoms with van der Waals surface area (Å²) in [4.78, 5) is 19.6. The highest BCUT2D eigenvalue weighted by Gasteiger charge is 2.17. The standard InChI is InChI=1S/C23H25IN2O2/c1-23(2,3)14-19-21(24)26-20(25-19)13-10-15-8-11-16(12-9-15)17-6-4-5-7-18(17)22(27)28/h4-9,11-12H,10,13-14H2,1-3H3,(H,25,26)(H,27,28). The van der Waals surface area contributed by atoms with Crippen molar-refractivity contribution in [1.82, 2.24) is 9.97 Å². The van der Waals surface area contributed by atoms with E-state index in [1.165, 1.54) is 5.56 Å². The molecule has 0 saturated heterocycles. The van der Waals surface area contributed by atoms with E-state index in [0.29, 0.717) is 5.56 Å². The van der Waals surface area contributed by atoms with E-state index < -0.39 is 5.97 Å². The Morgan fingerprint density at radius 3 is 2.39 bits per heavy atom. The van der Waals surface area contributed by atoms with Crippen LogP contribution >= 0.6 is 22.6 Å². The largest absolute Gasteiger partial charge is 0.478 e. The molecule has 0 unspecified atom stereocenters. The number of benzene rings is 2. The van der Waals surface area contributed by atoms with Gasteiger partial charge in [-0.2, -0.15) is 0 Å². The number of aryl methyl sites for hydroxylation is 2. The Kier molecular flexibility index (Phi) is 6.23. The van der Waals surface area contributed by atoms with Gasteiger partial charge in [-0.3, -0.25) is 0 Å². The van der Waals surface area contributed by atoms with Gasteiger partial charge < -0.3 is 10.1 Å². The van der Waals surface area contributed by atoms with Crippen molar-refractivity contribution in [3.63, 3.8) is 0 Å². The van der Waals surface area contributed by atoms with Crippen LogP contribution in [-0.4, -0.2) is 21.0 Å². The number of rotatable bonds is 6. The molecule has 0 saturated carbocycles. The lowest BCUT2D eigenvalue weighted by Gasteiger charge is -2.16. The van der Waals surface area contributed by atoms with Gasteiger partial charge in [0.25, 0.3) is 0 Å². The second-order valence-electron chi connectivity index (χ2n) is 8.23. The summed E-state index contributed by atoms with van der Waals surface area (Å²) in [5, 5.41) is 9.38. The Morgan fingerprint density at radius 1 is 1.07 bits per heavy atom. The predicted octanol–water partition coefficient (Wildman–Crippen LogP) is 5.75. The first-order chi connectivity index (χ1) is 13.2. The number of hydrogen-bond donors (Lipinski definition) is 2. The van der Waals surface area contributed by atoms with Gasteiger partial charge >= 0.3 is 5.97 Å². The van der Waals surface area contributed by atoms with Crippen molar-refractivity contribution in [1.29, 1.82) is 0 Å². The fraction of sp³-hybridized carbons (Fsp3) is 0.304. The number of hydrogen-bond acceptors (Lipinski definition) is 2. The van der Waals surface area contributed by atoms with Crippen LogP contribution in [0.1, 0.15) is 48.2 Å². The summed E-state index contributed by atoms with van der Waals surface area (Å²) < 4.78 is 1.13. The molecule has 146 valence electrons. The van der Waals surface area contributed by atoms with E-state index in [1.807, 2.05) is 24.3 Å². The Balaban J connectivity index is 1.69. The van der Waals surface area contributed by atoms with Crippen molar-refractivity contribution in [2.75, 3.05) is 0 Å². The van der Waals surface area contributed by atoms with Gasteiger partial charge in [0.2, 0.25) is 0 Å². The van der Waals surface area contributed by atoms with Crippen LogP contribution in [0.15, 0.2) is 48.5 Å². The number of nitrogens with zero attached hydrogens (tertiary/aromatic N) is 1. The van der Waals surface area contributed by atoms with Gasteiger partial charge in [0, 0.05) is 6.42 Å². The van der Waals surface area contributed by atoms with E-state index >= 15 is 0 Å². The van der Waals surface area contributed by atoms with Gasteiger partial charge in [0.1, 0.15) is 9.53 Å². The minimum absolute atomic E-state index is 0.217. The summed E-state index contributed by atoms with van der Waals surface area (Å²) in [6.07, 6.45) is 2.70. The molecule has 0 aliphatic carbocycles. The molecule has 4 nitrogen and oxygen atoms in total. The first-order valence-electron chi connectivity index (χ1n) is 9.38. The second kappa shape index (κ2) is 8.47. The van der Waals surface area contributed by atoms with Crippen LogP contribution in [-0.2, 0) is 19.3 Å². The van der Waals surface area contributed by atoms with Gasteiger partial charge in [-0.1, -0.05) is 63.2 Å². The lowest BCUT2D eigenvalue weighted by molar-refractivity contribution is 0.0697. The van der Waals surface area contributed by atoms with E-state index in [0.717, 1.165) is 45.6 Å². The van der Waals surface area contributed by atoms with Crippen LogP contribution in [0.5, 0.6) is 0 Å². The first kappa shape index (κ1) is 20.6. The summed E-state index contributed by atoms with van der Waals surface area (Å²) >= 11 is 2.33. The fourth-order valence-corrected chi connectivity index (χ4v) is 3.83. The van der Waals surface area contributed by atoms with Crippen LogP contribution in [0.4, 0.5) is 0 Å². The van der Waals surface area contributed by atoms with E-state index in [9.17, 15) is 9.90 Å². The minimum Gasteiger partial charge on any atom is -0.478 e. The molecule has 1 aromatic heterocycles. The third-order valence-electron chi connectivity index (χ3n) is 4.55. The van der Waals surface area contributed by atoms with Gasteiger partial charge in [0.05, 0.1) is 11.3 Å². The number of aromatic amines is 1. The normalized spacial score (nSPS) is 11.6. The highest BCUT2D eigenvalue weighted by molar-refractivity contribution is 14.1. The predicted molar refractivity (Wildman–Crippen MR) is 121 cm³/mol. The number of aromatic nitrogens is 2. The monoisotopic (exact) mass is 488 g/mol. The molecule has 3 rings (SSSR count). The second-order valence-corrected chi connectivity index (χ2v) is 9.31. The molecule has 0 aliphatic heterocycles. The first-order valence-corrected chi connectivity index (χ1v) is 10.5. The maximum Gasteiger partial charge on any atom is 0.336 e. The average molecular weight is 488 g/mol. The number of H-pyrrole nitrogens is 1. The molecule has 1 heterocycles. The summed E-state index contributed by atoms with van der Waals surface area (Å²) in [5.74, 6) is 0.113. The lowest BCUT2D eigenvalue weighted by atomic mass is 9.91. The van der Waals surface area contributed by atoms with Crippen molar-refractivity contribution in [2.24, 2.45) is 5.41 Å². The molecular weight excluding hydrogens is 463 g/mol. The Morgan fingerprint density at radius 2 is 1.75 bits per heavy atom. The van der Waals surface area contributed by atoms with E-state index in [2.05, 4.69) is 60.5 Å². The van der Waals surface area contributed by atoms with Gasteiger partial charge in [-0.15, -0.1) is 0 Å². The summed E-state index contributed by atoms with van der Waals surface area (Å²) in [6.45, 7) is 6.67. The molecule has 0 amide bonds. The smallest absolute Gasteiger partial charge is 0.336 e. The zero-order valence-electron chi connectivity index (χ0n) is 16.4. The van der Waals surface area contributed by atoms with Crippen LogP contribution in [0.2, 0.25) is 0 Å². The molecule has 2 aromatic carbocycles. The van der Waals surface area contributed by atoms with Crippen molar-refractivity contribution in [3.05, 3.63) is 74.9 Å². The zero-order chi connectivity index (χ0) is 20.3. The SMILES string of the molecule is CC(C)(C)Cc1nc(CCc2ccc(-c3ccccc3C(=O)O)cc2)[nH]c1I. The van der Waals surface area contributed by atoms with Gasteiger partial charge in [-0.05, 0) is 63.6 Å². The molecule has 2 N–H and O–H groups in total. The Hall–Kier alpha value is -2.15. The third kappa shape index (κ3) is 5.22. The minimum atomic E-state index is -0.904. The number of carbonyl (C=O) groups is 1. The number of imidazole rings is 1. The van der Waals surface area contributed by atoms with Crippen molar-refractivity contribution < 1.29 is 9.90 Å². The molecule has 3 aromatic rings. The zero-order valence-corrected chi connectivity index (χ0v) is 18.6. The van der Waals surface area contributed by atoms with Gasteiger partial charge in [-0.25, -0.2) is 9.78 Å². The van der Waals surface area contributed by atoms with Crippen LogP contribution in [0, 0.1) is 9.12 Å². The molecule has 0 aliphatic rings. The van der Waals surface area contributed by atoms with E-state index in [-0.39, 0.29) is 5.41 Å². The van der Waals surface area contributed by atoms with Crippen LogP contribution in [0.25, 0.3) is 11.1 Å². The van der Waals surface area contributed by atoms with Crippen molar-refractivity contribution >= 4 is 28.6 Å². The third-order valence-corrected chi connectivity index (χ3v) is 5.44. The molecule has 0 radical (unpaired) electrons. The molecule has 5 heteroatoms. The molecular formula is C23H25IN2O2. The van der Waals surface area contributed by atoms with Crippen LogP contribution < -0.4 is 0 Å². The molecule has 0 atom stereocenters. The number of halogens is 1. The topological polar surface area (TPSA) is 66.0 Å². The number of carboxylic acids is 1. The highest BCUT2D eigenvalue weighted by Crippen LogP contribution is 2.25. The van der Waals surface area contributed by atoms with E-state index in [4.69, 9.17) is 4.98 Å². The van der Waals surface area contributed by atoms with E-state index in [1.54, 1.807) is 12.1 Å². The Bertz CT molecular complexity index is 969. The van der Waals surface area contributed by atoms with Crippen molar-refractivity contribution in [2.45, 2.75) is 40.0 Å². The number of carboxylic acid groups (broad SMARTS) is 1. The lowest BCUT2D eigenvalue weighted by Crippen LogP contribution is -2.10. The quantitative estimate of drug-likeness (QED) is 0.434. The fourth-order valence-electron chi connectivity index (χ4n) is 3.21. The highest BCUT2D eigenvalue weighted by atomic mass is 127. The average Bonchev–Trinajstić information content (AvgIpc) is 2.98. The molecule has 28 heavy (non-hydrogen) atoms. The van der Waals surface area contributed by atoms with Crippen LogP contribution in [0.3, 0.4) is 0 Å². The molecule has 0 fully saturated rings. The maximum atomic E-state index is 11.4. The molecule has 0 spiro atoms. The maximum absolute atomic E-state index is 11.4. The van der Waals surface area contributed by atoms with Crippen molar-refractivity contribution in [3.8, 4) is 11.1 Å².